The highest BCUT2D eigenvalue weighted by Crippen LogP contribution is 2.19. The minimum absolute atomic E-state index is 0.309. The molecule has 2 heterocycles. The lowest BCUT2D eigenvalue weighted by atomic mass is 10.1. The molecule has 0 amide bonds. The molecule has 0 saturated heterocycles. The van der Waals surface area contributed by atoms with Gasteiger partial charge in [0.15, 0.2) is 0 Å². The first kappa shape index (κ1) is 14.7. The van der Waals surface area contributed by atoms with Gasteiger partial charge in [-0.05, 0) is 44.5 Å². The first-order valence-electron chi connectivity index (χ1n) is 7.73. The Kier molecular flexibility index (Phi) is 4.20. The number of aryl methyl sites for hydroxylation is 1. The number of hydrogen-bond donors (Lipinski definition) is 1. The van der Waals surface area contributed by atoms with Gasteiger partial charge in [0.05, 0.1) is 11.6 Å². The van der Waals surface area contributed by atoms with Gasteiger partial charge < -0.3 is 5.32 Å². The number of nitrogens with zero attached hydrogens (tertiary/aromatic N) is 3. The Bertz CT molecular complexity index is 749. The Morgan fingerprint density at radius 2 is 2.00 bits per heavy atom. The summed E-state index contributed by atoms with van der Waals surface area (Å²) in [5.41, 5.74) is 3.41. The van der Waals surface area contributed by atoms with Crippen molar-refractivity contribution in [2.24, 2.45) is 0 Å². The summed E-state index contributed by atoms with van der Waals surface area (Å²) in [6.07, 6.45) is 3.83. The van der Waals surface area contributed by atoms with Crippen LogP contribution in [0.4, 0.5) is 0 Å². The fourth-order valence-electron chi connectivity index (χ4n) is 2.73. The summed E-state index contributed by atoms with van der Waals surface area (Å²) in [5, 5.41) is 9.16. The van der Waals surface area contributed by atoms with Crippen LogP contribution in [-0.4, -0.2) is 20.8 Å². The minimum Gasteiger partial charge on any atom is -0.308 e. The van der Waals surface area contributed by atoms with E-state index in [1.807, 2.05) is 36.1 Å². The van der Waals surface area contributed by atoms with Crippen LogP contribution in [0.15, 0.2) is 48.8 Å². The van der Waals surface area contributed by atoms with Gasteiger partial charge in [0, 0.05) is 36.1 Å². The van der Waals surface area contributed by atoms with Crippen LogP contribution in [0.5, 0.6) is 0 Å². The number of nitrogens with one attached hydrogen (secondary N) is 1. The molecule has 0 bridgehead atoms. The first-order valence-corrected chi connectivity index (χ1v) is 7.73. The van der Waals surface area contributed by atoms with Crippen LogP contribution in [0.3, 0.4) is 0 Å². The summed E-state index contributed by atoms with van der Waals surface area (Å²) in [5.74, 6) is 0. The topological polar surface area (TPSA) is 42.7 Å². The number of fused-ring (bicyclic) bond motifs is 1. The summed E-state index contributed by atoms with van der Waals surface area (Å²) >= 11 is 0. The molecule has 0 fully saturated rings. The summed E-state index contributed by atoms with van der Waals surface area (Å²) < 4.78 is 1.99. The van der Waals surface area contributed by atoms with Gasteiger partial charge in [0.25, 0.3) is 0 Å². The number of benzene rings is 1. The van der Waals surface area contributed by atoms with Crippen LogP contribution in [-0.2, 0) is 6.54 Å². The molecular formula is C18H22N4. The molecule has 0 aliphatic rings. The molecule has 2 aromatic heterocycles. The van der Waals surface area contributed by atoms with Crippen molar-refractivity contribution in [2.45, 2.75) is 39.4 Å². The highest BCUT2D eigenvalue weighted by atomic mass is 15.3. The summed E-state index contributed by atoms with van der Waals surface area (Å²) in [4.78, 5) is 4.60. The predicted octanol–water partition coefficient (Wildman–Crippen LogP) is 3.48. The molecule has 4 heteroatoms. The zero-order valence-corrected chi connectivity index (χ0v) is 13.3. The lowest BCUT2D eigenvalue weighted by Crippen LogP contribution is -2.33. The van der Waals surface area contributed by atoms with E-state index in [1.165, 1.54) is 10.9 Å². The van der Waals surface area contributed by atoms with Gasteiger partial charge in [0.2, 0.25) is 0 Å². The molecule has 0 aliphatic carbocycles. The van der Waals surface area contributed by atoms with Gasteiger partial charge in [-0.15, -0.1) is 0 Å². The molecule has 0 saturated carbocycles. The molecule has 0 aliphatic heterocycles. The van der Waals surface area contributed by atoms with E-state index in [2.05, 4.69) is 53.5 Å². The minimum atomic E-state index is 0.309. The van der Waals surface area contributed by atoms with Gasteiger partial charge in [-0.2, -0.15) is 5.10 Å². The highest BCUT2D eigenvalue weighted by Gasteiger charge is 2.14. The zero-order chi connectivity index (χ0) is 15.5. The van der Waals surface area contributed by atoms with Crippen molar-refractivity contribution in [3.05, 3.63) is 60.0 Å². The monoisotopic (exact) mass is 294 g/mol. The zero-order valence-electron chi connectivity index (χ0n) is 13.3. The third-order valence-electron chi connectivity index (χ3n) is 4.21. The van der Waals surface area contributed by atoms with Crippen LogP contribution >= 0.6 is 0 Å². The number of rotatable bonds is 5. The second-order valence-electron chi connectivity index (χ2n) is 5.84. The Hall–Kier alpha value is -2.20. The van der Waals surface area contributed by atoms with Crippen molar-refractivity contribution in [2.75, 3.05) is 0 Å². The molecule has 22 heavy (non-hydrogen) atoms. The highest BCUT2D eigenvalue weighted by molar-refractivity contribution is 5.82. The maximum Gasteiger partial charge on any atom is 0.0708 e. The average Bonchev–Trinajstić information content (AvgIpc) is 3.05. The molecule has 3 rings (SSSR count). The smallest absolute Gasteiger partial charge is 0.0708 e. The maximum absolute atomic E-state index is 4.60. The van der Waals surface area contributed by atoms with E-state index in [9.17, 15) is 0 Å². The van der Waals surface area contributed by atoms with Crippen molar-refractivity contribution in [3.8, 4) is 0 Å². The standard InChI is InChI=1S/C18H22N4/c1-13-11-16(17-7-4-5-8-18(17)21-13)12-19-14(2)15(3)22-10-6-9-20-22/h4-11,14-15,19H,12H2,1-3H3/t14-,15+/m1/s1. The fraction of sp³-hybridized carbons (Fsp3) is 0.333. The molecule has 4 nitrogen and oxygen atoms in total. The molecule has 3 aromatic rings. The second-order valence-corrected chi connectivity index (χ2v) is 5.84. The Balaban J connectivity index is 1.76. The van der Waals surface area contributed by atoms with Gasteiger partial charge in [0.1, 0.15) is 0 Å². The lowest BCUT2D eigenvalue weighted by molar-refractivity contribution is 0.365. The number of aromatic nitrogens is 3. The van der Waals surface area contributed by atoms with E-state index in [0.717, 1.165) is 17.8 Å². The molecule has 2 atom stereocenters. The quantitative estimate of drug-likeness (QED) is 0.783. The van der Waals surface area contributed by atoms with E-state index >= 15 is 0 Å². The molecular weight excluding hydrogens is 272 g/mol. The molecule has 1 N–H and O–H groups in total. The van der Waals surface area contributed by atoms with Gasteiger partial charge in [-0.1, -0.05) is 18.2 Å². The number of hydrogen-bond acceptors (Lipinski definition) is 3. The van der Waals surface area contributed by atoms with Crippen molar-refractivity contribution < 1.29 is 0 Å². The van der Waals surface area contributed by atoms with Crippen LogP contribution in [0.25, 0.3) is 10.9 Å². The van der Waals surface area contributed by atoms with E-state index in [4.69, 9.17) is 0 Å². The van der Waals surface area contributed by atoms with E-state index in [-0.39, 0.29) is 0 Å². The second kappa shape index (κ2) is 6.28. The number of para-hydroxylation sites is 1. The van der Waals surface area contributed by atoms with Crippen molar-refractivity contribution in [1.82, 2.24) is 20.1 Å². The third-order valence-corrected chi connectivity index (χ3v) is 4.21. The van der Waals surface area contributed by atoms with Crippen LogP contribution in [0.2, 0.25) is 0 Å². The summed E-state index contributed by atoms with van der Waals surface area (Å²) in [6, 6.07) is 13.1. The van der Waals surface area contributed by atoms with Gasteiger partial charge >= 0.3 is 0 Å². The largest absolute Gasteiger partial charge is 0.308 e. The fourth-order valence-corrected chi connectivity index (χ4v) is 2.73. The van der Waals surface area contributed by atoms with E-state index in [0.29, 0.717) is 12.1 Å². The Morgan fingerprint density at radius 3 is 2.77 bits per heavy atom. The van der Waals surface area contributed by atoms with Crippen molar-refractivity contribution >= 4 is 10.9 Å². The molecule has 1 aromatic carbocycles. The number of pyridine rings is 1. The maximum atomic E-state index is 4.60. The van der Waals surface area contributed by atoms with Gasteiger partial charge in [-0.3, -0.25) is 9.67 Å². The first-order chi connectivity index (χ1) is 10.6. The molecule has 0 unspecified atom stereocenters. The van der Waals surface area contributed by atoms with Crippen LogP contribution in [0.1, 0.15) is 31.1 Å². The van der Waals surface area contributed by atoms with Crippen LogP contribution in [0, 0.1) is 6.92 Å². The SMILES string of the molecule is Cc1cc(CN[C@H](C)[C@H](C)n2cccn2)c2ccccc2n1. The average molecular weight is 294 g/mol. The molecule has 0 spiro atoms. The third kappa shape index (κ3) is 3.02. The van der Waals surface area contributed by atoms with E-state index in [1.54, 1.807) is 0 Å². The summed E-state index contributed by atoms with van der Waals surface area (Å²) in [7, 11) is 0. The van der Waals surface area contributed by atoms with E-state index < -0.39 is 0 Å². The molecule has 0 radical (unpaired) electrons. The van der Waals surface area contributed by atoms with Gasteiger partial charge in [-0.25, -0.2) is 0 Å². The lowest BCUT2D eigenvalue weighted by Gasteiger charge is -2.22. The predicted molar refractivity (Wildman–Crippen MR) is 89.7 cm³/mol. The molecule has 114 valence electrons. The summed E-state index contributed by atoms with van der Waals surface area (Å²) in [6.45, 7) is 7.26. The van der Waals surface area contributed by atoms with Crippen molar-refractivity contribution in [3.63, 3.8) is 0 Å². The van der Waals surface area contributed by atoms with Crippen LogP contribution < -0.4 is 5.32 Å². The van der Waals surface area contributed by atoms with Crippen molar-refractivity contribution in [1.29, 1.82) is 0 Å². The normalized spacial score (nSPS) is 14.1. The Labute approximate surface area is 131 Å². The Morgan fingerprint density at radius 1 is 1.18 bits per heavy atom.